The molecular formula is C26H28N2O5S. The minimum atomic E-state index is -3.85. The minimum Gasteiger partial charge on any atom is -0.455 e. The molecule has 0 aliphatic rings. The Balaban J connectivity index is 1.61. The molecule has 8 heteroatoms. The average Bonchev–Trinajstić information content (AvgIpc) is 2.83. The summed E-state index contributed by atoms with van der Waals surface area (Å²) in [7, 11) is -2.55. The Kier molecular flexibility index (Phi) is 8.56. The smallest absolute Gasteiger partial charge is 0.321 e. The quantitative estimate of drug-likeness (QED) is 0.416. The van der Waals surface area contributed by atoms with Gasteiger partial charge in [0.15, 0.2) is 6.61 Å². The highest BCUT2D eigenvalue weighted by Gasteiger charge is 2.24. The molecular weight excluding hydrogens is 452 g/mol. The van der Waals surface area contributed by atoms with Crippen molar-refractivity contribution in [1.29, 1.82) is 0 Å². The van der Waals surface area contributed by atoms with Gasteiger partial charge in [-0.15, -0.1) is 0 Å². The first kappa shape index (κ1) is 25.1. The van der Waals surface area contributed by atoms with Gasteiger partial charge >= 0.3 is 5.97 Å². The van der Waals surface area contributed by atoms with Crippen molar-refractivity contribution >= 4 is 21.9 Å². The van der Waals surface area contributed by atoms with E-state index in [2.05, 4.69) is 0 Å². The first-order chi connectivity index (χ1) is 16.3. The van der Waals surface area contributed by atoms with Crippen LogP contribution in [0.4, 0.5) is 0 Å². The maximum atomic E-state index is 12.9. The Bertz CT molecular complexity index is 1160. The number of hydrogen-bond acceptors (Lipinski definition) is 5. The summed E-state index contributed by atoms with van der Waals surface area (Å²) in [6.45, 7) is 1.59. The van der Waals surface area contributed by atoms with Crippen LogP contribution >= 0.6 is 0 Å². The summed E-state index contributed by atoms with van der Waals surface area (Å²) in [4.78, 5) is 26.9. The number of aryl methyl sites for hydroxylation is 1. The van der Waals surface area contributed by atoms with Gasteiger partial charge in [-0.25, -0.2) is 8.42 Å². The van der Waals surface area contributed by atoms with Crippen molar-refractivity contribution in [3.05, 3.63) is 102 Å². The summed E-state index contributed by atoms with van der Waals surface area (Å²) in [5, 5.41) is 0. The molecule has 0 radical (unpaired) electrons. The van der Waals surface area contributed by atoms with Crippen LogP contribution in [-0.2, 0) is 37.4 Å². The number of ether oxygens (including phenoxy) is 1. The first-order valence-electron chi connectivity index (χ1n) is 10.8. The predicted molar refractivity (Wildman–Crippen MR) is 129 cm³/mol. The van der Waals surface area contributed by atoms with Crippen LogP contribution in [0.1, 0.15) is 16.7 Å². The van der Waals surface area contributed by atoms with E-state index < -0.39 is 29.1 Å². The Morgan fingerprint density at radius 1 is 0.794 bits per heavy atom. The zero-order valence-electron chi connectivity index (χ0n) is 19.3. The third-order valence-corrected chi connectivity index (χ3v) is 7.04. The van der Waals surface area contributed by atoms with Crippen LogP contribution in [0.15, 0.2) is 89.8 Å². The van der Waals surface area contributed by atoms with Gasteiger partial charge in [-0.05, 0) is 30.2 Å². The SMILES string of the molecule is Cc1ccc(S(=O)(=O)N(C)CC(=O)OCC(=O)N(Cc2ccccc2)Cc2ccccc2)cc1. The lowest BCUT2D eigenvalue weighted by molar-refractivity contribution is -0.152. The van der Waals surface area contributed by atoms with Gasteiger partial charge in [0.2, 0.25) is 10.0 Å². The zero-order chi connectivity index (χ0) is 24.6. The van der Waals surface area contributed by atoms with Crippen LogP contribution in [0.3, 0.4) is 0 Å². The third-order valence-electron chi connectivity index (χ3n) is 5.22. The zero-order valence-corrected chi connectivity index (χ0v) is 20.1. The molecule has 0 fully saturated rings. The lowest BCUT2D eigenvalue weighted by Gasteiger charge is -2.23. The van der Waals surface area contributed by atoms with E-state index in [0.717, 1.165) is 21.0 Å². The van der Waals surface area contributed by atoms with Gasteiger partial charge in [0.1, 0.15) is 6.54 Å². The van der Waals surface area contributed by atoms with Crippen molar-refractivity contribution in [2.75, 3.05) is 20.2 Å². The highest BCUT2D eigenvalue weighted by Crippen LogP contribution is 2.15. The van der Waals surface area contributed by atoms with Gasteiger partial charge in [-0.3, -0.25) is 9.59 Å². The van der Waals surface area contributed by atoms with E-state index >= 15 is 0 Å². The van der Waals surface area contributed by atoms with Crippen LogP contribution in [0, 0.1) is 6.92 Å². The molecule has 0 aromatic heterocycles. The van der Waals surface area contributed by atoms with Crippen LogP contribution in [-0.4, -0.2) is 49.7 Å². The second-order valence-electron chi connectivity index (χ2n) is 7.96. The molecule has 3 aromatic carbocycles. The molecule has 0 bridgehead atoms. The number of hydrogen-bond donors (Lipinski definition) is 0. The topological polar surface area (TPSA) is 84.0 Å². The number of esters is 1. The van der Waals surface area contributed by atoms with E-state index in [1.165, 1.54) is 19.2 Å². The normalized spacial score (nSPS) is 11.3. The Morgan fingerprint density at radius 2 is 1.29 bits per heavy atom. The van der Waals surface area contributed by atoms with Gasteiger partial charge in [-0.2, -0.15) is 4.31 Å². The number of likely N-dealkylation sites (N-methyl/N-ethyl adjacent to an activating group) is 1. The number of carbonyl (C=O) groups excluding carboxylic acids is 2. The van der Waals surface area contributed by atoms with E-state index in [1.807, 2.05) is 67.6 Å². The van der Waals surface area contributed by atoms with Gasteiger partial charge in [0.25, 0.3) is 5.91 Å². The van der Waals surface area contributed by atoms with Gasteiger partial charge in [0.05, 0.1) is 4.90 Å². The van der Waals surface area contributed by atoms with Crippen molar-refractivity contribution in [1.82, 2.24) is 9.21 Å². The summed E-state index contributed by atoms with van der Waals surface area (Å²) >= 11 is 0. The Labute approximate surface area is 200 Å². The second-order valence-corrected chi connectivity index (χ2v) is 10.0. The standard InChI is InChI=1S/C26H28N2O5S/c1-21-13-15-24(16-14-21)34(31,32)27(2)19-26(30)33-20-25(29)28(17-22-9-5-3-6-10-22)18-23-11-7-4-8-12-23/h3-16H,17-20H2,1-2H3. The number of carbonyl (C=O) groups is 2. The Hall–Kier alpha value is -3.49. The molecule has 7 nitrogen and oxygen atoms in total. The molecule has 3 aromatic rings. The van der Waals surface area contributed by atoms with Crippen molar-refractivity contribution in [3.63, 3.8) is 0 Å². The Morgan fingerprint density at radius 3 is 1.79 bits per heavy atom. The van der Waals surface area contributed by atoms with E-state index in [-0.39, 0.29) is 10.8 Å². The van der Waals surface area contributed by atoms with Crippen LogP contribution in [0.5, 0.6) is 0 Å². The van der Waals surface area contributed by atoms with E-state index in [4.69, 9.17) is 4.74 Å². The largest absolute Gasteiger partial charge is 0.455 e. The fraction of sp³-hybridized carbons (Fsp3) is 0.231. The molecule has 34 heavy (non-hydrogen) atoms. The molecule has 0 heterocycles. The molecule has 178 valence electrons. The number of amides is 1. The summed E-state index contributed by atoms with van der Waals surface area (Å²) in [6, 6.07) is 25.4. The van der Waals surface area contributed by atoms with Crippen LogP contribution < -0.4 is 0 Å². The number of nitrogens with zero attached hydrogens (tertiary/aromatic N) is 2. The van der Waals surface area contributed by atoms with Crippen LogP contribution in [0.25, 0.3) is 0 Å². The van der Waals surface area contributed by atoms with Gasteiger partial charge in [0, 0.05) is 20.1 Å². The number of rotatable bonds is 10. The van der Waals surface area contributed by atoms with E-state index in [1.54, 1.807) is 17.0 Å². The predicted octanol–water partition coefficient (Wildman–Crippen LogP) is 3.39. The first-order valence-corrected chi connectivity index (χ1v) is 12.2. The second kappa shape index (κ2) is 11.6. The molecule has 0 atom stereocenters. The average molecular weight is 481 g/mol. The van der Waals surface area contributed by atoms with Gasteiger partial charge in [-0.1, -0.05) is 78.4 Å². The molecule has 3 rings (SSSR count). The minimum absolute atomic E-state index is 0.0846. The highest BCUT2D eigenvalue weighted by molar-refractivity contribution is 7.89. The third kappa shape index (κ3) is 7.00. The van der Waals surface area contributed by atoms with Crippen molar-refractivity contribution < 1.29 is 22.7 Å². The molecule has 0 unspecified atom stereocenters. The molecule has 0 saturated heterocycles. The highest BCUT2D eigenvalue weighted by atomic mass is 32.2. The fourth-order valence-corrected chi connectivity index (χ4v) is 4.39. The number of sulfonamides is 1. The molecule has 0 N–H and O–H groups in total. The lowest BCUT2D eigenvalue weighted by atomic mass is 10.1. The summed E-state index contributed by atoms with van der Waals surface area (Å²) in [5.74, 6) is -1.17. The van der Waals surface area contributed by atoms with Crippen LogP contribution in [0.2, 0.25) is 0 Å². The molecule has 1 amide bonds. The maximum Gasteiger partial charge on any atom is 0.321 e. The van der Waals surface area contributed by atoms with Crippen molar-refractivity contribution in [3.8, 4) is 0 Å². The van der Waals surface area contributed by atoms with Crippen molar-refractivity contribution in [2.24, 2.45) is 0 Å². The number of benzene rings is 3. The molecule has 0 spiro atoms. The van der Waals surface area contributed by atoms with E-state index in [0.29, 0.717) is 13.1 Å². The fourth-order valence-electron chi connectivity index (χ4n) is 3.28. The summed E-state index contributed by atoms with van der Waals surface area (Å²) in [6.07, 6.45) is 0. The maximum absolute atomic E-state index is 12.9. The molecule has 0 saturated carbocycles. The van der Waals surface area contributed by atoms with E-state index in [9.17, 15) is 18.0 Å². The summed E-state index contributed by atoms with van der Waals surface area (Å²) in [5.41, 5.74) is 2.82. The monoisotopic (exact) mass is 480 g/mol. The van der Waals surface area contributed by atoms with Gasteiger partial charge < -0.3 is 9.64 Å². The molecule has 0 aliphatic carbocycles. The summed E-state index contributed by atoms with van der Waals surface area (Å²) < 4.78 is 31.4. The van der Waals surface area contributed by atoms with Crippen molar-refractivity contribution in [2.45, 2.75) is 24.9 Å². The molecule has 0 aliphatic heterocycles. The lowest BCUT2D eigenvalue weighted by Crippen LogP contribution is -2.37.